The molecule has 0 aromatic heterocycles. The van der Waals surface area contributed by atoms with Crippen molar-refractivity contribution in [2.45, 2.75) is 88.0 Å². The Morgan fingerprint density at radius 3 is 2.19 bits per heavy atom. The Bertz CT molecular complexity index is 486. The summed E-state index contributed by atoms with van der Waals surface area (Å²) in [5, 5.41) is 39.3. The van der Waals surface area contributed by atoms with E-state index in [0.717, 1.165) is 0 Å². The van der Waals surface area contributed by atoms with Gasteiger partial charge in [0.15, 0.2) is 18.4 Å². The molecule has 152 valence electrons. The van der Waals surface area contributed by atoms with Gasteiger partial charge in [0, 0.05) is 7.11 Å². The molecule has 0 aliphatic carbocycles. The smallest absolute Gasteiger partial charge is 0.187 e. The van der Waals surface area contributed by atoms with E-state index in [1.807, 2.05) is 0 Å². The van der Waals surface area contributed by atoms with Crippen LogP contribution >= 0.6 is 0 Å². The average Bonchev–Trinajstić information content (AvgIpc) is 2.92. The minimum Gasteiger partial charge on any atom is -0.394 e. The monoisotopic (exact) mass is 380 g/mol. The van der Waals surface area contributed by atoms with Crippen LogP contribution in [0.4, 0.5) is 0 Å². The van der Waals surface area contributed by atoms with E-state index in [9.17, 15) is 20.4 Å². The molecule has 0 bridgehead atoms. The van der Waals surface area contributed by atoms with Gasteiger partial charge in [0.1, 0.15) is 42.7 Å². The van der Waals surface area contributed by atoms with E-state index < -0.39 is 73.8 Å². The second-order valence-electron chi connectivity index (χ2n) is 7.31. The van der Waals surface area contributed by atoms with Crippen LogP contribution in [0.2, 0.25) is 0 Å². The largest absolute Gasteiger partial charge is 0.394 e. The van der Waals surface area contributed by atoms with E-state index in [0.29, 0.717) is 0 Å². The molecule has 4 N–H and O–H groups in total. The fraction of sp³-hybridized carbons (Fsp3) is 1.00. The number of methoxy groups -OCH3 is 1. The molecule has 3 saturated heterocycles. The van der Waals surface area contributed by atoms with Gasteiger partial charge in [0.05, 0.1) is 12.7 Å². The van der Waals surface area contributed by atoms with Crippen molar-refractivity contribution in [3.05, 3.63) is 0 Å². The third-order valence-corrected chi connectivity index (χ3v) is 4.94. The molecule has 3 aliphatic heterocycles. The van der Waals surface area contributed by atoms with E-state index in [1.165, 1.54) is 7.11 Å². The zero-order valence-corrected chi connectivity index (χ0v) is 15.2. The molecule has 0 radical (unpaired) electrons. The van der Waals surface area contributed by atoms with Crippen molar-refractivity contribution in [2.75, 3.05) is 13.7 Å². The van der Waals surface area contributed by atoms with Gasteiger partial charge < -0.3 is 48.8 Å². The second kappa shape index (κ2) is 7.55. The molecule has 26 heavy (non-hydrogen) atoms. The minimum atomic E-state index is -1.52. The predicted octanol–water partition coefficient (Wildman–Crippen LogP) is -1.92. The van der Waals surface area contributed by atoms with Crippen molar-refractivity contribution in [3.63, 3.8) is 0 Å². The Morgan fingerprint density at radius 1 is 0.923 bits per heavy atom. The molecule has 0 aromatic rings. The van der Waals surface area contributed by atoms with Crippen LogP contribution in [0.15, 0.2) is 0 Å². The standard InChI is InChI=1S/C16H28O10/c1-6-11(12-13(15(21-4)22-6)26-16(2,3)25-12)24-14-10(20)9(19)8(18)7(5-17)23-14/h6-15,17-20H,5H2,1-4H3/t6-,7+,8+,9-,10+,11-,12+,13+,14-,15+/m0/s1. The lowest BCUT2D eigenvalue weighted by atomic mass is 9.97. The maximum Gasteiger partial charge on any atom is 0.187 e. The van der Waals surface area contributed by atoms with Crippen LogP contribution in [0, 0.1) is 0 Å². The highest BCUT2D eigenvalue weighted by Gasteiger charge is 2.56. The average molecular weight is 380 g/mol. The first kappa shape index (κ1) is 20.3. The summed E-state index contributed by atoms with van der Waals surface area (Å²) in [7, 11) is 1.50. The molecule has 0 unspecified atom stereocenters. The normalized spacial score (nSPS) is 51.2. The van der Waals surface area contributed by atoms with E-state index in [1.54, 1.807) is 20.8 Å². The number of aliphatic hydroxyl groups excluding tert-OH is 4. The van der Waals surface area contributed by atoms with Crippen LogP contribution < -0.4 is 0 Å². The first-order valence-electron chi connectivity index (χ1n) is 8.68. The predicted molar refractivity (Wildman–Crippen MR) is 83.8 cm³/mol. The summed E-state index contributed by atoms with van der Waals surface area (Å²) >= 11 is 0. The number of fused-ring (bicyclic) bond motifs is 1. The third kappa shape index (κ3) is 3.63. The van der Waals surface area contributed by atoms with Crippen molar-refractivity contribution < 1.29 is 48.8 Å². The molecule has 10 atom stereocenters. The van der Waals surface area contributed by atoms with Crippen LogP contribution in [-0.2, 0) is 28.4 Å². The molecule has 10 nitrogen and oxygen atoms in total. The highest BCUT2D eigenvalue weighted by atomic mass is 16.8. The van der Waals surface area contributed by atoms with Gasteiger partial charge in [-0.15, -0.1) is 0 Å². The Hall–Kier alpha value is -0.400. The molecular weight excluding hydrogens is 352 g/mol. The third-order valence-electron chi connectivity index (χ3n) is 4.94. The summed E-state index contributed by atoms with van der Waals surface area (Å²) in [4.78, 5) is 0. The number of hydrogen-bond acceptors (Lipinski definition) is 10. The van der Waals surface area contributed by atoms with Crippen molar-refractivity contribution in [1.29, 1.82) is 0 Å². The molecule has 0 saturated carbocycles. The zero-order valence-electron chi connectivity index (χ0n) is 15.2. The Balaban J connectivity index is 1.77. The van der Waals surface area contributed by atoms with Crippen molar-refractivity contribution >= 4 is 0 Å². The van der Waals surface area contributed by atoms with Crippen LogP contribution in [0.1, 0.15) is 20.8 Å². The summed E-state index contributed by atoms with van der Waals surface area (Å²) in [6.07, 6.45) is -9.78. The lowest BCUT2D eigenvalue weighted by Gasteiger charge is -2.45. The Labute approximate surface area is 151 Å². The van der Waals surface area contributed by atoms with Crippen molar-refractivity contribution in [3.8, 4) is 0 Å². The molecule has 0 amide bonds. The van der Waals surface area contributed by atoms with E-state index >= 15 is 0 Å². The van der Waals surface area contributed by atoms with Gasteiger partial charge in [-0.3, -0.25) is 0 Å². The maximum atomic E-state index is 10.2. The molecule has 3 rings (SSSR count). The second-order valence-corrected chi connectivity index (χ2v) is 7.31. The first-order valence-corrected chi connectivity index (χ1v) is 8.68. The quantitative estimate of drug-likeness (QED) is 0.437. The molecule has 0 aromatic carbocycles. The molecular formula is C16H28O10. The lowest BCUT2D eigenvalue weighted by Crippen LogP contribution is -2.63. The topological polar surface area (TPSA) is 136 Å². The van der Waals surface area contributed by atoms with Crippen molar-refractivity contribution in [2.24, 2.45) is 0 Å². The maximum absolute atomic E-state index is 10.2. The highest BCUT2D eigenvalue weighted by Crippen LogP contribution is 2.39. The Morgan fingerprint density at radius 2 is 1.58 bits per heavy atom. The van der Waals surface area contributed by atoms with Gasteiger partial charge in [-0.1, -0.05) is 0 Å². The van der Waals surface area contributed by atoms with Crippen LogP contribution in [0.5, 0.6) is 0 Å². The molecule has 0 spiro atoms. The lowest BCUT2D eigenvalue weighted by molar-refractivity contribution is -0.344. The molecule has 3 heterocycles. The fourth-order valence-electron chi connectivity index (χ4n) is 3.63. The Kier molecular flexibility index (Phi) is 5.91. The SMILES string of the molecule is CO[C@@H]1O[C@@H](C)[C@H](O[C@@H]2O[C@H](CO)[C@@H](O)[C@H](O)[C@H]2O)[C@H]2OC(C)(C)O[C@@H]12. The van der Waals surface area contributed by atoms with Gasteiger partial charge in [-0.05, 0) is 20.8 Å². The van der Waals surface area contributed by atoms with Gasteiger partial charge in [0.25, 0.3) is 0 Å². The van der Waals surface area contributed by atoms with E-state index in [4.69, 9.17) is 28.4 Å². The van der Waals surface area contributed by atoms with E-state index in [2.05, 4.69) is 0 Å². The highest BCUT2D eigenvalue weighted by molar-refractivity contribution is 4.97. The zero-order chi connectivity index (χ0) is 19.2. The first-order chi connectivity index (χ1) is 12.2. The van der Waals surface area contributed by atoms with Gasteiger partial charge in [-0.25, -0.2) is 0 Å². The fourth-order valence-corrected chi connectivity index (χ4v) is 3.63. The summed E-state index contributed by atoms with van der Waals surface area (Å²) in [5.74, 6) is -0.878. The number of aliphatic hydroxyl groups is 4. The molecule has 3 aliphatic rings. The van der Waals surface area contributed by atoms with Crippen LogP contribution in [0.25, 0.3) is 0 Å². The molecule has 3 fully saturated rings. The van der Waals surface area contributed by atoms with Crippen molar-refractivity contribution in [1.82, 2.24) is 0 Å². The van der Waals surface area contributed by atoms with Gasteiger partial charge in [-0.2, -0.15) is 0 Å². The summed E-state index contributed by atoms with van der Waals surface area (Å²) < 4.78 is 34.2. The summed E-state index contributed by atoms with van der Waals surface area (Å²) in [6.45, 7) is 4.73. The number of hydrogen-bond donors (Lipinski definition) is 4. The van der Waals surface area contributed by atoms with Crippen LogP contribution in [0.3, 0.4) is 0 Å². The minimum absolute atomic E-state index is 0.494. The number of ether oxygens (including phenoxy) is 6. The van der Waals surface area contributed by atoms with Gasteiger partial charge >= 0.3 is 0 Å². The van der Waals surface area contributed by atoms with E-state index in [-0.39, 0.29) is 0 Å². The van der Waals surface area contributed by atoms with Crippen LogP contribution in [-0.4, -0.2) is 101 Å². The molecule has 10 heteroatoms. The summed E-state index contributed by atoms with van der Waals surface area (Å²) in [6, 6.07) is 0. The van der Waals surface area contributed by atoms with Gasteiger partial charge in [0.2, 0.25) is 0 Å². The number of rotatable bonds is 4. The summed E-state index contributed by atoms with van der Waals surface area (Å²) in [5.41, 5.74) is 0.